The number of nitrogens with one attached hydrogen (secondary N) is 2. The summed E-state index contributed by atoms with van der Waals surface area (Å²) >= 11 is 0. The molecule has 3 amide bonds. The summed E-state index contributed by atoms with van der Waals surface area (Å²) in [5.41, 5.74) is 1.10. The van der Waals surface area contributed by atoms with E-state index in [4.69, 9.17) is 9.88 Å². The van der Waals surface area contributed by atoms with Gasteiger partial charge in [0, 0.05) is 30.4 Å². The summed E-state index contributed by atoms with van der Waals surface area (Å²) in [4.78, 5) is 26.0. The number of urea groups is 1. The Kier molecular flexibility index (Phi) is 5.52. The monoisotopic (exact) mass is 404 g/mol. The highest BCUT2D eigenvalue weighted by Gasteiger charge is 2.31. The first kappa shape index (κ1) is 19.6. The van der Waals surface area contributed by atoms with E-state index in [1.165, 1.54) is 24.3 Å². The van der Waals surface area contributed by atoms with Crippen LogP contribution in [0.25, 0.3) is 0 Å². The van der Waals surface area contributed by atoms with Crippen molar-refractivity contribution in [3.63, 3.8) is 0 Å². The molecule has 0 aliphatic carbocycles. The number of nitrogens with two attached hydrogens (primary N) is 1. The zero-order valence-corrected chi connectivity index (χ0v) is 15.9. The van der Waals surface area contributed by atoms with Gasteiger partial charge in [0.25, 0.3) is 0 Å². The number of sulfonamides is 1. The highest BCUT2D eigenvalue weighted by molar-refractivity contribution is 7.89. The molecular formula is C18H20N4O5S. The second kappa shape index (κ2) is 7.87. The predicted molar refractivity (Wildman–Crippen MR) is 104 cm³/mol. The SMILES string of the molecule is COc1cccc(N2C[C@@H](NC(=O)Nc3ccc(S(N)(=O)=O)cc3)CC2=O)c1. The largest absolute Gasteiger partial charge is 0.497 e. The zero-order chi connectivity index (χ0) is 20.3. The predicted octanol–water partition coefficient (Wildman–Crippen LogP) is 1.27. The number of primary sulfonamides is 1. The lowest BCUT2D eigenvalue weighted by Crippen LogP contribution is -2.39. The number of methoxy groups -OCH3 is 1. The van der Waals surface area contributed by atoms with E-state index in [1.54, 1.807) is 36.3 Å². The van der Waals surface area contributed by atoms with Crippen LogP contribution >= 0.6 is 0 Å². The second-order valence-corrected chi connectivity index (χ2v) is 7.84. The summed E-state index contributed by atoms with van der Waals surface area (Å²) < 4.78 is 27.7. The molecule has 1 heterocycles. The van der Waals surface area contributed by atoms with Crippen LogP contribution in [0.1, 0.15) is 6.42 Å². The number of ether oxygens (including phenoxy) is 1. The first-order valence-electron chi connectivity index (χ1n) is 8.41. The topological polar surface area (TPSA) is 131 Å². The molecule has 10 heteroatoms. The first-order valence-corrected chi connectivity index (χ1v) is 9.96. The number of amides is 3. The van der Waals surface area contributed by atoms with Crippen LogP contribution in [-0.2, 0) is 14.8 Å². The molecule has 3 rings (SSSR count). The summed E-state index contributed by atoms with van der Waals surface area (Å²) in [7, 11) is -2.24. The highest BCUT2D eigenvalue weighted by Crippen LogP contribution is 2.25. The molecule has 1 aliphatic rings. The Labute approximate surface area is 162 Å². The molecule has 1 aliphatic heterocycles. The van der Waals surface area contributed by atoms with Crippen molar-refractivity contribution in [2.24, 2.45) is 5.14 Å². The molecule has 9 nitrogen and oxygen atoms in total. The number of hydrogen-bond donors (Lipinski definition) is 3. The van der Waals surface area contributed by atoms with Gasteiger partial charge in [-0.1, -0.05) is 6.07 Å². The van der Waals surface area contributed by atoms with Gasteiger partial charge in [-0.05, 0) is 36.4 Å². The minimum absolute atomic E-state index is 0.0474. The molecule has 1 fully saturated rings. The smallest absolute Gasteiger partial charge is 0.319 e. The van der Waals surface area contributed by atoms with E-state index in [1.807, 2.05) is 0 Å². The van der Waals surface area contributed by atoms with Crippen LogP contribution in [-0.4, -0.2) is 40.1 Å². The summed E-state index contributed by atoms with van der Waals surface area (Å²) in [6.07, 6.45) is 0.176. The van der Waals surface area contributed by atoms with Gasteiger partial charge in [0.1, 0.15) is 5.75 Å². The molecular weight excluding hydrogens is 384 g/mol. The fraction of sp³-hybridized carbons (Fsp3) is 0.222. The second-order valence-electron chi connectivity index (χ2n) is 6.27. The van der Waals surface area contributed by atoms with Crippen molar-refractivity contribution < 1.29 is 22.7 Å². The van der Waals surface area contributed by atoms with E-state index in [9.17, 15) is 18.0 Å². The highest BCUT2D eigenvalue weighted by atomic mass is 32.2. The van der Waals surface area contributed by atoms with E-state index in [0.717, 1.165) is 0 Å². The molecule has 148 valence electrons. The average Bonchev–Trinajstić information content (AvgIpc) is 3.01. The van der Waals surface area contributed by atoms with E-state index in [0.29, 0.717) is 23.7 Å². The summed E-state index contributed by atoms with van der Waals surface area (Å²) in [6, 6.07) is 11.8. The van der Waals surface area contributed by atoms with Crippen LogP contribution in [0.4, 0.5) is 16.2 Å². The zero-order valence-electron chi connectivity index (χ0n) is 15.1. The van der Waals surface area contributed by atoms with Crippen molar-refractivity contribution in [3.05, 3.63) is 48.5 Å². The molecule has 1 saturated heterocycles. The number of carbonyl (C=O) groups excluding carboxylic acids is 2. The van der Waals surface area contributed by atoms with Gasteiger partial charge < -0.3 is 20.3 Å². The van der Waals surface area contributed by atoms with E-state index in [2.05, 4.69) is 10.6 Å². The molecule has 0 spiro atoms. The van der Waals surface area contributed by atoms with Crippen LogP contribution in [0.2, 0.25) is 0 Å². The number of rotatable bonds is 5. The van der Waals surface area contributed by atoms with Crippen molar-refractivity contribution in [1.29, 1.82) is 0 Å². The van der Waals surface area contributed by atoms with Crippen molar-refractivity contribution in [2.75, 3.05) is 23.9 Å². The average molecular weight is 404 g/mol. The Hall–Kier alpha value is -3.11. The summed E-state index contributed by atoms with van der Waals surface area (Å²) in [5.74, 6) is 0.540. The van der Waals surface area contributed by atoms with Crippen LogP contribution in [0.5, 0.6) is 5.75 Å². The molecule has 0 aromatic heterocycles. The number of carbonyl (C=O) groups is 2. The fourth-order valence-electron chi connectivity index (χ4n) is 2.91. The minimum atomic E-state index is -3.79. The molecule has 2 aromatic rings. The van der Waals surface area contributed by atoms with E-state index in [-0.39, 0.29) is 23.3 Å². The molecule has 0 unspecified atom stereocenters. The standard InChI is InChI=1S/C18H20N4O5S/c1-27-15-4-2-3-14(10-15)22-11-13(9-17(22)23)21-18(24)20-12-5-7-16(8-6-12)28(19,25)26/h2-8,10,13H,9,11H2,1H3,(H2,19,25,26)(H2,20,21,24)/t13-/m0/s1. The Morgan fingerprint density at radius 2 is 1.93 bits per heavy atom. The summed E-state index contributed by atoms with van der Waals surface area (Å²) in [5, 5.41) is 10.4. The van der Waals surface area contributed by atoms with Crippen LogP contribution in [0.15, 0.2) is 53.4 Å². The van der Waals surface area contributed by atoms with Gasteiger partial charge in [0.2, 0.25) is 15.9 Å². The molecule has 28 heavy (non-hydrogen) atoms. The third kappa shape index (κ3) is 4.59. The van der Waals surface area contributed by atoms with E-state index >= 15 is 0 Å². The maximum Gasteiger partial charge on any atom is 0.319 e. The van der Waals surface area contributed by atoms with Gasteiger partial charge >= 0.3 is 6.03 Å². The number of benzene rings is 2. The number of hydrogen-bond acceptors (Lipinski definition) is 5. The molecule has 1 atom stereocenters. The third-order valence-corrected chi connectivity index (χ3v) is 5.20. The van der Waals surface area contributed by atoms with Crippen LogP contribution in [0.3, 0.4) is 0 Å². The minimum Gasteiger partial charge on any atom is -0.497 e. The Morgan fingerprint density at radius 3 is 2.57 bits per heavy atom. The van der Waals surface area contributed by atoms with Crippen molar-refractivity contribution in [3.8, 4) is 5.75 Å². The molecule has 4 N–H and O–H groups in total. The normalized spacial score (nSPS) is 16.7. The van der Waals surface area contributed by atoms with Crippen LogP contribution in [0, 0.1) is 0 Å². The first-order chi connectivity index (χ1) is 13.3. The van der Waals surface area contributed by atoms with Gasteiger partial charge in [-0.2, -0.15) is 0 Å². The van der Waals surface area contributed by atoms with Gasteiger partial charge in [-0.3, -0.25) is 4.79 Å². The molecule has 0 bridgehead atoms. The lowest BCUT2D eigenvalue weighted by atomic mass is 10.2. The lowest BCUT2D eigenvalue weighted by Gasteiger charge is -2.18. The van der Waals surface area contributed by atoms with Crippen molar-refractivity contribution in [2.45, 2.75) is 17.4 Å². The Morgan fingerprint density at radius 1 is 1.21 bits per heavy atom. The maximum atomic E-state index is 12.3. The summed E-state index contributed by atoms with van der Waals surface area (Å²) in [6.45, 7) is 0.337. The lowest BCUT2D eigenvalue weighted by molar-refractivity contribution is -0.117. The molecule has 0 saturated carbocycles. The number of nitrogens with zero attached hydrogens (tertiary/aromatic N) is 1. The van der Waals surface area contributed by atoms with Crippen molar-refractivity contribution >= 4 is 33.3 Å². The third-order valence-electron chi connectivity index (χ3n) is 4.27. The molecule has 0 radical (unpaired) electrons. The number of anilines is 2. The molecule has 2 aromatic carbocycles. The van der Waals surface area contributed by atoms with Gasteiger partial charge in [0.05, 0.1) is 18.0 Å². The van der Waals surface area contributed by atoms with Gasteiger partial charge in [-0.15, -0.1) is 0 Å². The quantitative estimate of drug-likeness (QED) is 0.691. The maximum absolute atomic E-state index is 12.3. The fourth-order valence-corrected chi connectivity index (χ4v) is 3.43. The van der Waals surface area contributed by atoms with E-state index < -0.39 is 16.1 Å². The van der Waals surface area contributed by atoms with Gasteiger partial charge in [0.15, 0.2) is 0 Å². The van der Waals surface area contributed by atoms with Gasteiger partial charge in [-0.25, -0.2) is 18.4 Å². The Bertz CT molecular complexity index is 991. The van der Waals surface area contributed by atoms with Crippen LogP contribution < -0.4 is 25.4 Å². The Balaban J connectivity index is 1.60. The van der Waals surface area contributed by atoms with Crippen molar-refractivity contribution in [1.82, 2.24) is 5.32 Å².